The van der Waals surface area contributed by atoms with Crippen molar-refractivity contribution in [1.29, 1.82) is 0 Å². The Morgan fingerprint density at radius 2 is 2.19 bits per heavy atom. The van der Waals surface area contributed by atoms with Crippen LogP contribution in [0.3, 0.4) is 0 Å². The molecule has 0 radical (unpaired) electrons. The summed E-state index contributed by atoms with van der Waals surface area (Å²) in [5.74, 6) is -1.29. The van der Waals surface area contributed by atoms with Crippen molar-refractivity contribution in [3.8, 4) is 0 Å². The van der Waals surface area contributed by atoms with Crippen molar-refractivity contribution >= 4 is 22.0 Å². The fraction of sp³-hybridized carbons (Fsp3) is 0.429. The van der Waals surface area contributed by atoms with Crippen LogP contribution in [0, 0.1) is 0 Å². The van der Waals surface area contributed by atoms with Gasteiger partial charge in [-0.15, -0.1) is 0 Å². The molecule has 1 heterocycles. The van der Waals surface area contributed by atoms with Gasteiger partial charge in [-0.05, 0) is 13.8 Å². The smallest absolute Gasteiger partial charge is 0.353 e. The zero-order valence-electron chi connectivity index (χ0n) is 8.68. The number of anilines is 1. The minimum Gasteiger partial charge on any atom is -0.477 e. The number of nitrogens with zero attached hydrogens (tertiary/aromatic N) is 1. The molecular weight excluding hydrogens is 236 g/mol. The lowest BCUT2D eigenvalue weighted by molar-refractivity contribution is 0.0690. The summed E-state index contributed by atoms with van der Waals surface area (Å²) in [6, 6.07) is 0.817. The van der Waals surface area contributed by atoms with Gasteiger partial charge in [-0.3, -0.25) is 9.82 Å². The van der Waals surface area contributed by atoms with Crippen LogP contribution in [0.2, 0.25) is 0 Å². The summed E-state index contributed by atoms with van der Waals surface area (Å²) >= 11 is 0. The molecule has 0 aliphatic rings. The van der Waals surface area contributed by atoms with Gasteiger partial charge in [0, 0.05) is 12.1 Å². The molecule has 0 atom stereocenters. The van der Waals surface area contributed by atoms with Gasteiger partial charge in [0.15, 0.2) is 5.82 Å². The van der Waals surface area contributed by atoms with Gasteiger partial charge in [0.1, 0.15) is 5.69 Å². The lowest BCUT2D eigenvalue weighted by Crippen LogP contribution is -2.35. The van der Waals surface area contributed by atoms with Crippen LogP contribution < -0.4 is 9.44 Å². The van der Waals surface area contributed by atoms with E-state index in [1.165, 1.54) is 0 Å². The van der Waals surface area contributed by atoms with Gasteiger partial charge >= 0.3 is 16.2 Å². The summed E-state index contributed by atoms with van der Waals surface area (Å²) in [5.41, 5.74) is -0.192. The molecule has 1 rings (SSSR count). The van der Waals surface area contributed by atoms with Gasteiger partial charge < -0.3 is 5.11 Å². The molecule has 16 heavy (non-hydrogen) atoms. The lowest BCUT2D eigenvalue weighted by Gasteiger charge is -2.09. The Morgan fingerprint density at radius 3 is 2.62 bits per heavy atom. The van der Waals surface area contributed by atoms with Crippen molar-refractivity contribution in [2.45, 2.75) is 19.9 Å². The largest absolute Gasteiger partial charge is 0.477 e. The molecule has 0 bridgehead atoms. The molecule has 4 N–H and O–H groups in total. The molecule has 1 aromatic heterocycles. The maximum absolute atomic E-state index is 11.4. The molecule has 90 valence electrons. The highest BCUT2D eigenvalue weighted by molar-refractivity contribution is 7.90. The molecule has 0 saturated carbocycles. The van der Waals surface area contributed by atoms with E-state index in [0.29, 0.717) is 0 Å². The lowest BCUT2D eigenvalue weighted by atomic mass is 10.4. The summed E-state index contributed by atoms with van der Waals surface area (Å²) in [7, 11) is -3.72. The van der Waals surface area contributed by atoms with E-state index in [1.807, 2.05) is 0 Å². The Kier molecular flexibility index (Phi) is 3.50. The van der Waals surface area contributed by atoms with Gasteiger partial charge in [0.05, 0.1) is 0 Å². The average Bonchev–Trinajstić information content (AvgIpc) is 2.48. The Morgan fingerprint density at radius 1 is 1.56 bits per heavy atom. The van der Waals surface area contributed by atoms with E-state index in [2.05, 4.69) is 19.6 Å². The third kappa shape index (κ3) is 3.51. The normalized spacial score (nSPS) is 11.7. The minimum absolute atomic E-state index is 0.0782. The summed E-state index contributed by atoms with van der Waals surface area (Å²) in [6.45, 7) is 3.32. The van der Waals surface area contributed by atoms with Crippen LogP contribution in [-0.4, -0.2) is 35.7 Å². The number of aromatic carboxylic acids is 1. The van der Waals surface area contributed by atoms with Crippen molar-refractivity contribution in [2.75, 3.05) is 4.72 Å². The van der Waals surface area contributed by atoms with Crippen molar-refractivity contribution in [3.63, 3.8) is 0 Å². The molecule has 1 aromatic rings. The molecule has 9 heteroatoms. The van der Waals surface area contributed by atoms with E-state index in [0.717, 1.165) is 6.07 Å². The first-order valence-corrected chi connectivity index (χ1v) is 5.87. The molecule has 0 amide bonds. The first-order chi connectivity index (χ1) is 7.30. The third-order valence-corrected chi connectivity index (χ3v) is 2.70. The Labute approximate surface area is 92.2 Å². The van der Waals surface area contributed by atoms with E-state index in [9.17, 15) is 13.2 Å². The maximum Gasteiger partial charge on any atom is 0.353 e. The van der Waals surface area contributed by atoms with Crippen molar-refractivity contribution in [3.05, 3.63) is 11.8 Å². The highest BCUT2D eigenvalue weighted by Gasteiger charge is 2.14. The Bertz CT molecular complexity index is 478. The van der Waals surface area contributed by atoms with Crippen molar-refractivity contribution in [1.82, 2.24) is 14.9 Å². The summed E-state index contributed by atoms with van der Waals surface area (Å²) in [6.07, 6.45) is 0. The number of aromatic nitrogens is 2. The zero-order chi connectivity index (χ0) is 12.3. The summed E-state index contributed by atoms with van der Waals surface area (Å²) < 4.78 is 27.1. The fourth-order valence-corrected chi connectivity index (χ4v) is 2.02. The first kappa shape index (κ1) is 12.5. The molecule has 8 nitrogen and oxygen atoms in total. The fourth-order valence-electron chi connectivity index (χ4n) is 0.961. The Balaban J connectivity index is 2.77. The summed E-state index contributed by atoms with van der Waals surface area (Å²) in [5, 5.41) is 14.2. The number of H-pyrrole nitrogens is 1. The average molecular weight is 248 g/mol. The number of hydrogen-bond acceptors (Lipinski definition) is 4. The zero-order valence-corrected chi connectivity index (χ0v) is 9.50. The molecule has 0 aliphatic carbocycles. The molecular formula is C7H12N4O4S. The molecule has 0 aromatic carbocycles. The van der Waals surface area contributed by atoms with Crippen LogP contribution >= 0.6 is 0 Å². The van der Waals surface area contributed by atoms with Crippen LogP contribution in [0.5, 0.6) is 0 Å². The molecule has 0 unspecified atom stereocenters. The second-order valence-corrected chi connectivity index (χ2v) is 4.80. The van der Waals surface area contributed by atoms with E-state index >= 15 is 0 Å². The highest BCUT2D eigenvalue weighted by atomic mass is 32.2. The number of carboxylic acid groups (broad SMARTS) is 1. The molecule has 0 fully saturated rings. The predicted octanol–water partition coefficient (Wildman–Crippen LogP) is -0.237. The molecule has 0 aliphatic heterocycles. The maximum atomic E-state index is 11.4. The number of hydrogen-bond donors (Lipinski definition) is 4. The number of aromatic amines is 1. The van der Waals surface area contributed by atoms with Gasteiger partial charge in [-0.2, -0.15) is 18.2 Å². The van der Waals surface area contributed by atoms with Crippen LogP contribution in [-0.2, 0) is 10.2 Å². The van der Waals surface area contributed by atoms with Gasteiger partial charge in [0.25, 0.3) is 0 Å². The molecule has 0 saturated heterocycles. The van der Waals surface area contributed by atoms with Gasteiger partial charge in [-0.1, -0.05) is 0 Å². The SMILES string of the molecule is CC(C)NS(=O)(=O)Nc1cc(C(=O)O)[nH]n1. The third-order valence-electron chi connectivity index (χ3n) is 1.44. The van der Waals surface area contributed by atoms with Crippen LogP contribution in [0.1, 0.15) is 24.3 Å². The number of carboxylic acids is 1. The standard InChI is InChI=1S/C7H12N4O4S/c1-4(2)10-16(14,15)11-6-3-5(7(12)13)8-9-6/h3-4,10H,1-2H3,(H,12,13)(H2,8,9,11). The molecule has 0 spiro atoms. The Hall–Kier alpha value is -1.61. The highest BCUT2D eigenvalue weighted by Crippen LogP contribution is 2.06. The van der Waals surface area contributed by atoms with Crippen LogP contribution in [0.4, 0.5) is 5.82 Å². The quantitative estimate of drug-likeness (QED) is 0.572. The minimum atomic E-state index is -3.72. The topological polar surface area (TPSA) is 124 Å². The second-order valence-electron chi connectivity index (χ2n) is 3.35. The number of nitrogens with one attached hydrogen (secondary N) is 3. The monoisotopic (exact) mass is 248 g/mol. The van der Waals surface area contributed by atoms with Crippen molar-refractivity contribution in [2.24, 2.45) is 0 Å². The van der Waals surface area contributed by atoms with Gasteiger partial charge in [0.2, 0.25) is 0 Å². The van der Waals surface area contributed by atoms with E-state index in [-0.39, 0.29) is 17.6 Å². The predicted molar refractivity (Wildman–Crippen MR) is 56.4 cm³/mol. The van der Waals surface area contributed by atoms with E-state index in [4.69, 9.17) is 5.11 Å². The van der Waals surface area contributed by atoms with Crippen molar-refractivity contribution < 1.29 is 18.3 Å². The van der Waals surface area contributed by atoms with E-state index in [1.54, 1.807) is 13.8 Å². The number of rotatable bonds is 5. The number of carbonyl (C=O) groups is 1. The van der Waals surface area contributed by atoms with E-state index < -0.39 is 16.2 Å². The van der Waals surface area contributed by atoms with Crippen LogP contribution in [0.15, 0.2) is 6.07 Å². The first-order valence-electron chi connectivity index (χ1n) is 4.39. The summed E-state index contributed by atoms with van der Waals surface area (Å²) in [4.78, 5) is 10.5. The van der Waals surface area contributed by atoms with Gasteiger partial charge in [-0.25, -0.2) is 4.79 Å². The van der Waals surface area contributed by atoms with Crippen LogP contribution in [0.25, 0.3) is 0 Å². The second kappa shape index (κ2) is 4.49.